The molecule has 3 aromatic carbocycles. The Bertz CT molecular complexity index is 1410. The Labute approximate surface area is 297 Å². The molecule has 3 aliphatic rings. The second kappa shape index (κ2) is 20.8. The largest absolute Gasteiger partial charge is 0.490 e. The summed E-state index contributed by atoms with van der Waals surface area (Å²) in [7, 11) is 1.68. The van der Waals surface area contributed by atoms with Crippen LogP contribution in [0.2, 0.25) is 0 Å². The van der Waals surface area contributed by atoms with Crippen molar-refractivity contribution < 1.29 is 37.9 Å². The number of hydrogen-bond donors (Lipinski definition) is 0. The molecule has 3 aromatic rings. The average molecular weight is 694 g/mol. The number of benzene rings is 3. The summed E-state index contributed by atoms with van der Waals surface area (Å²) in [5.74, 6) is 2.45. The Kier molecular flexibility index (Phi) is 15.6. The van der Waals surface area contributed by atoms with E-state index in [-0.39, 0.29) is 0 Å². The number of anilines is 3. The highest BCUT2D eigenvalue weighted by Gasteiger charge is 2.19. The highest BCUT2D eigenvalue weighted by molar-refractivity contribution is 5.62. The van der Waals surface area contributed by atoms with Crippen LogP contribution in [-0.4, -0.2) is 126 Å². The van der Waals surface area contributed by atoms with Gasteiger partial charge in [-0.3, -0.25) is 0 Å². The maximum atomic E-state index is 6.61. The van der Waals surface area contributed by atoms with Crippen molar-refractivity contribution in [2.45, 2.75) is 13.8 Å². The molecule has 11 nitrogen and oxygen atoms in total. The SMILES string of the molecule is COCCOc1ccccc1N1CCOc2cc(C)ccc2N2CCOCCOCCN(CCOCCOCC2)c2cc(C)ccc2OCC1. The van der Waals surface area contributed by atoms with Crippen molar-refractivity contribution in [2.24, 2.45) is 0 Å². The quantitative estimate of drug-likeness (QED) is 0.268. The highest BCUT2D eigenvalue weighted by Crippen LogP contribution is 2.33. The van der Waals surface area contributed by atoms with Gasteiger partial charge >= 0.3 is 0 Å². The van der Waals surface area contributed by atoms with Gasteiger partial charge in [0.15, 0.2) is 0 Å². The van der Waals surface area contributed by atoms with E-state index in [0.717, 1.165) is 45.4 Å². The highest BCUT2D eigenvalue weighted by atomic mass is 16.5. The van der Waals surface area contributed by atoms with E-state index >= 15 is 0 Å². The molecule has 1 saturated heterocycles. The summed E-state index contributed by atoms with van der Waals surface area (Å²) in [6, 6.07) is 20.8. The number of ether oxygens (including phenoxy) is 8. The van der Waals surface area contributed by atoms with Crippen LogP contribution in [0.4, 0.5) is 17.1 Å². The summed E-state index contributed by atoms with van der Waals surface area (Å²) >= 11 is 0. The standard InChI is InChI=1S/C39H55N3O8/c1-32-9-11-38-36(30-32)42-14-20-46-27-25-44-18-12-40(13-19-45-26-28-47-21-15-42)35-10-8-33(2)31-39(35)49-23-17-41(16-22-48-38)34-6-4-5-7-37(34)50-29-24-43-3/h4-11,30-31H,12-29H2,1-3H3. The molecule has 1 fully saturated rings. The summed E-state index contributed by atoms with van der Waals surface area (Å²) in [5.41, 5.74) is 5.31. The van der Waals surface area contributed by atoms with Crippen LogP contribution in [0.15, 0.2) is 60.7 Å². The van der Waals surface area contributed by atoms with E-state index in [0.29, 0.717) is 119 Å². The predicted molar refractivity (Wildman–Crippen MR) is 197 cm³/mol. The van der Waals surface area contributed by atoms with Gasteiger partial charge in [0.1, 0.15) is 37.1 Å². The predicted octanol–water partition coefficient (Wildman–Crippen LogP) is 5.00. The van der Waals surface area contributed by atoms with E-state index in [9.17, 15) is 0 Å². The fraction of sp³-hybridized carbons (Fsp3) is 0.538. The summed E-state index contributed by atoms with van der Waals surface area (Å²) in [6.45, 7) is 14.4. The lowest BCUT2D eigenvalue weighted by Crippen LogP contribution is -2.34. The zero-order chi connectivity index (χ0) is 34.8. The molecule has 3 aliphatic heterocycles. The third-order valence-corrected chi connectivity index (χ3v) is 8.67. The number of fused-ring (bicyclic) bond motifs is 20. The summed E-state index contributed by atoms with van der Waals surface area (Å²) in [5, 5.41) is 0. The van der Waals surface area contributed by atoms with Gasteiger partial charge in [-0.25, -0.2) is 0 Å². The second-order valence-electron chi connectivity index (χ2n) is 12.4. The molecule has 50 heavy (non-hydrogen) atoms. The monoisotopic (exact) mass is 693 g/mol. The average Bonchev–Trinajstić information content (AvgIpc) is 3.12. The molecule has 6 rings (SSSR count). The third kappa shape index (κ3) is 11.7. The normalized spacial score (nSPS) is 17.9. The van der Waals surface area contributed by atoms with E-state index in [1.165, 1.54) is 0 Å². The molecule has 0 amide bonds. The Morgan fingerprint density at radius 1 is 0.500 bits per heavy atom. The first-order valence-corrected chi connectivity index (χ1v) is 17.9. The molecule has 3 heterocycles. The number of rotatable bonds is 5. The molecule has 274 valence electrons. The van der Waals surface area contributed by atoms with E-state index in [2.05, 4.69) is 71.0 Å². The fourth-order valence-electron chi connectivity index (χ4n) is 6.00. The van der Waals surface area contributed by atoms with Crippen LogP contribution < -0.4 is 28.9 Å². The minimum atomic E-state index is 0.459. The Morgan fingerprint density at radius 2 is 1.02 bits per heavy atom. The van der Waals surface area contributed by atoms with E-state index in [4.69, 9.17) is 37.9 Å². The van der Waals surface area contributed by atoms with Crippen LogP contribution >= 0.6 is 0 Å². The second-order valence-corrected chi connectivity index (χ2v) is 12.4. The third-order valence-electron chi connectivity index (χ3n) is 8.67. The smallest absolute Gasteiger partial charge is 0.142 e. The first-order valence-electron chi connectivity index (χ1n) is 17.9. The van der Waals surface area contributed by atoms with E-state index in [1.54, 1.807) is 7.11 Å². The van der Waals surface area contributed by atoms with Crippen LogP contribution in [0.5, 0.6) is 17.2 Å². The number of nitrogens with zero attached hydrogens (tertiary/aromatic N) is 3. The topological polar surface area (TPSA) is 83.6 Å². The maximum Gasteiger partial charge on any atom is 0.142 e. The molecule has 0 radical (unpaired) electrons. The number of methoxy groups -OCH3 is 1. The van der Waals surface area contributed by atoms with Gasteiger partial charge in [-0.15, -0.1) is 0 Å². The minimum absolute atomic E-state index is 0.459. The number of para-hydroxylation sites is 2. The molecule has 0 unspecified atom stereocenters. The van der Waals surface area contributed by atoms with Crippen LogP contribution in [0.1, 0.15) is 11.1 Å². The zero-order valence-electron chi connectivity index (χ0n) is 30.1. The van der Waals surface area contributed by atoms with Gasteiger partial charge in [-0.2, -0.15) is 0 Å². The van der Waals surface area contributed by atoms with Gasteiger partial charge in [-0.1, -0.05) is 24.3 Å². The van der Waals surface area contributed by atoms with Crippen LogP contribution in [0.3, 0.4) is 0 Å². The van der Waals surface area contributed by atoms with Gasteiger partial charge in [0.05, 0.1) is 89.6 Å². The van der Waals surface area contributed by atoms with Crippen LogP contribution in [0, 0.1) is 13.8 Å². The van der Waals surface area contributed by atoms with Crippen molar-refractivity contribution in [2.75, 3.05) is 140 Å². The molecular formula is C39H55N3O8. The fourth-order valence-corrected chi connectivity index (χ4v) is 6.00. The summed E-state index contributed by atoms with van der Waals surface area (Å²) in [4.78, 5) is 6.84. The number of hydrogen-bond acceptors (Lipinski definition) is 11. The molecule has 11 heteroatoms. The molecule has 0 N–H and O–H groups in total. The first kappa shape index (κ1) is 37.5. The van der Waals surface area contributed by atoms with E-state index < -0.39 is 0 Å². The van der Waals surface area contributed by atoms with Gasteiger partial charge in [0.2, 0.25) is 0 Å². The Hall–Kier alpha value is -3.74. The molecule has 0 saturated carbocycles. The van der Waals surface area contributed by atoms with Crippen LogP contribution in [0.25, 0.3) is 0 Å². The van der Waals surface area contributed by atoms with Crippen molar-refractivity contribution in [3.63, 3.8) is 0 Å². The van der Waals surface area contributed by atoms with E-state index in [1.807, 2.05) is 18.2 Å². The van der Waals surface area contributed by atoms with Crippen molar-refractivity contribution >= 4 is 17.1 Å². The lowest BCUT2D eigenvalue weighted by Gasteiger charge is -2.29. The lowest BCUT2D eigenvalue weighted by molar-refractivity contribution is 0.0435. The minimum Gasteiger partial charge on any atom is -0.490 e. The van der Waals surface area contributed by atoms with Crippen LogP contribution in [-0.2, 0) is 23.7 Å². The van der Waals surface area contributed by atoms with Crippen molar-refractivity contribution in [3.05, 3.63) is 71.8 Å². The Morgan fingerprint density at radius 3 is 1.66 bits per heavy atom. The molecule has 0 aliphatic carbocycles. The summed E-state index contributed by atoms with van der Waals surface area (Å²) in [6.07, 6.45) is 0. The van der Waals surface area contributed by atoms with Crippen molar-refractivity contribution in [1.82, 2.24) is 0 Å². The molecule has 0 spiro atoms. The lowest BCUT2D eigenvalue weighted by atomic mass is 10.2. The Balaban J connectivity index is 1.48. The van der Waals surface area contributed by atoms with Gasteiger partial charge < -0.3 is 52.6 Å². The first-order chi connectivity index (χ1) is 24.6. The number of aryl methyl sites for hydroxylation is 2. The zero-order valence-corrected chi connectivity index (χ0v) is 30.1. The summed E-state index contributed by atoms with van der Waals surface area (Å²) < 4.78 is 48.8. The maximum absolute atomic E-state index is 6.61. The van der Waals surface area contributed by atoms with Gasteiger partial charge in [0, 0.05) is 33.3 Å². The molecule has 0 atom stereocenters. The molecule has 2 bridgehead atoms. The molecular weight excluding hydrogens is 638 g/mol. The van der Waals surface area contributed by atoms with Gasteiger partial charge in [-0.05, 0) is 61.4 Å². The van der Waals surface area contributed by atoms with Crippen molar-refractivity contribution in [3.8, 4) is 17.2 Å². The molecule has 0 aromatic heterocycles. The van der Waals surface area contributed by atoms with Crippen molar-refractivity contribution in [1.29, 1.82) is 0 Å². The van der Waals surface area contributed by atoms with Gasteiger partial charge in [0.25, 0.3) is 0 Å².